The van der Waals surface area contributed by atoms with E-state index in [2.05, 4.69) is 4.74 Å². The van der Waals surface area contributed by atoms with E-state index >= 15 is 0 Å². The predicted molar refractivity (Wildman–Crippen MR) is 86.8 cm³/mol. The fourth-order valence-corrected chi connectivity index (χ4v) is 3.31. The van der Waals surface area contributed by atoms with Crippen molar-refractivity contribution in [2.75, 3.05) is 7.11 Å². The molecule has 5 nitrogen and oxygen atoms in total. The molecule has 0 radical (unpaired) electrons. The maximum Gasteiger partial charge on any atom is 0.341 e. The molecule has 2 aromatic rings. The first kappa shape index (κ1) is 17.6. The number of carbonyl (C=O) groups is 1. The van der Waals surface area contributed by atoms with Crippen molar-refractivity contribution in [1.82, 2.24) is 0 Å². The van der Waals surface area contributed by atoms with Crippen LogP contribution >= 0.6 is 23.2 Å². The van der Waals surface area contributed by atoms with Gasteiger partial charge in [-0.25, -0.2) is 4.79 Å². The second-order valence-corrected chi connectivity index (χ2v) is 7.00. The van der Waals surface area contributed by atoms with Crippen LogP contribution in [-0.4, -0.2) is 21.5 Å². The summed E-state index contributed by atoms with van der Waals surface area (Å²) in [4.78, 5) is 11.7. The number of hydrogen-bond acceptors (Lipinski definition) is 5. The molecule has 0 saturated carbocycles. The van der Waals surface area contributed by atoms with Gasteiger partial charge in [0.05, 0.1) is 12.1 Å². The van der Waals surface area contributed by atoms with E-state index in [1.54, 1.807) is 12.1 Å². The molecule has 0 bridgehead atoms. The molecule has 0 spiro atoms. The molecule has 0 fully saturated rings. The van der Waals surface area contributed by atoms with E-state index in [0.29, 0.717) is 0 Å². The lowest BCUT2D eigenvalue weighted by Crippen LogP contribution is -2.13. The number of aryl methyl sites for hydroxylation is 1. The predicted octanol–water partition coefficient (Wildman–Crippen LogP) is 3.86. The normalized spacial score (nSPS) is 11.1. The largest absolute Gasteiger partial charge is 0.465 e. The topological polar surface area (TPSA) is 69.7 Å². The van der Waals surface area contributed by atoms with Crippen LogP contribution in [0.3, 0.4) is 0 Å². The van der Waals surface area contributed by atoms with E-state index < -0.39 is 16.1 Å². The van der Waals surface area contributed by atoms with Gasteiger partial charge in [-0.15, -0.1) is 0 Å². The summed E-state index contributed by atoms with van der Waals surface area (Å²) < 4.78 is 34.3. The molecule has 0 aliphatic heterocycles. The van der Waals surface area contributed by atoms with Crippen LogP contribution in [0.1, 0.15) is 15.9 Å². The first-order valence-electron chi connectivity index (χ1n) is 6.33. The molecule has 0 aliphatic carbocycles. The van der Waals surface area contributed by atoms with Crippen molar-refractivity contribution in [1.29, 1.82) is 0 Å². The quantitative estimate of drug-likeness (QED) is 0.600. The van der Waals surface area contributed by atoms with Crippen LogP contribution in [0.2, 0.25) is 10.0 Å². The minimum Gasteiger partial charge on any atom is -0.465 e. The first-order valence-corrected chi connectivity index (χ1v) is 8.49. The lowest BCUT2D eigenvalue weighted by Gasteiger charge is -2.12. The van der Waals surface area contributed by atoms with Crippen LogP contribution in [0.25, 0.3) is 0 Å². The van der Waals surface area contributed by atoms with Crippen LogP contribution in [0.15, 0.2) is 41.3 Å². The third-order valence-electron chi connectivity index (χ3n) is 2.92. The van der Waals surface area contributed by atoms with Gasteiger partial charge in [-0.2, -0.15) is 8.42 Å². The van der Waals surface area contributed by atoms with Crippen LogP contribution < -0.4 is 4.18 Å². The summed E-state index contributed by atoms with van der Waals surface area (Å²) >= 11 is 11.8. The van der Waals surface area contributed by atoms with E-state index in [4.69, 9.17) is 27.4 Å². The molecule has 23 heavy (non-hydrogen) atoms. The molecule has 8 heteroatoms. The zero-order valence-corrected chi connectivity index (χ0v) is 14.5. The fraction of sp³-hybridized carbons (Fsp3) is 0.133. The molecule has 0 heterocycles. The Morgan fingerprint density at radius 2 is 1.70 bits per heavy atom. The number of benzene rings is 2. The molecule has 2 rings (SSSR count). The zero-order chi connectivity index (χ0) is 17.2. The van der Waals surface area contributed by atoms with Gasteiger partial charge >= 0.3 is 16.1 Å². The maximum absolute atomic E-state index is 12.3. The first-order chi connectivity index (χ1) is 10.7. The number of halogens is 2. The van der Waals surface area contributed by atoms with Crippen LogP contribution in [0.4, 0.5) is 0 Å². The summed E-state index contributed by atoms with van der Waals surface area (Å²) in [6.07, 6.45) is 0. The van der Waals surface area contributed by atoms with E-state index in [1.165, 1.54) is 24.3 Å². The van der Waals surface area contributed by atoms with Gasteiger partial charge in [-0.05, 0) is 31.2 Å². The van der Waals surface area contributed by atoms with Gasteiger partial charge in [0.1, 0.15) is 10.5 Å². The molecule has 122 valence electrons. The Balaban J connectivity index is 2.50. The average Bonchev–Trinajstić information content (AvgIpc) is 2.49. The number of hydrogen-bond donors (Lipinski definition) is 0. The SMILES string of the molecule is COC(=O)c1cc(Cl)cc(Cl)c1OS(=O)(=O)c1ccc(C)cc1. The highest BCUT2D eigenvalue weighted by molar-refractivity contribution is 7.87. The van der Waals surface area contributed by atoms with E-state index in [0.717, 1.165) is 12.7 Å². The van der Waals surface area contributed by atoms with Crippen molar-refractivity contribution < 1.29 is 22.1 Å². The molecule has 0 atom stereocenters. The number of carbonyl (C=O) groups excluding carboxylic acids is 1. The average molecular weight is 375 g/mol. The Hall–Kier alpha value is -1.76. The lowest BCUT2D eigenvalue weighted by molar-refractivity contribution is 0.0599. The second-order valence-electron chi connectivity index (χ2n) is 4.61. The van der Waals surface area contributed by atoms with Crippen molar-refractivity contribution in [3.63, 3.8) is 0 Å². The Bertz CT molecular complexity index is 845. The summed E-state index contributed by atoms with van der Waals surface area (Å²) in [5, 5.41) is 0.0315. The minimum atomic E-state index is -4.16. The lowest BCUT2D eigenvalue weighted by atomic mass is 10.2. The monoisotopic (exact) mass is 374 g/mol. The third kappa shape index (κ3) is 3.96. The smallest absolute Gasteiger partial charge is 0.341 e. The van der Waals surface area contributed by atoms with Crippen molar-refractivity contribution in [3.05, 3.63) is 57.6 Å². The molecule has 0 amide bonds. The van der Waals surface area contributed by atoms with Crippen LogP contribution in [0.5, 0.6) is 5.75 Å². The van der Waals surface area contributed by atoms with Crippen molar-refractivity contribution in [2.24, 2.45) is 0 Å². The molecular formula is C15H12Cl2O5S. The highest BCUT2D eigenvalue weighted by Crippen LogP contribution is 2.35. The number of rotatable bonds is 4. The molecule has 0 aromatic heterocycles. The van der Waals surface area contributed by atoms with Gasteiger partial charge < -0.3 is 8.92 Å². The summed E-state index contributed by atoms with van der Waals surface area (Å²) in [5.41, 5.74) is 0.712. The molecule has 0 aliphatic rings. The molecular weight excluding hydrogens is 363 g/mol. The highest BCUT2D eigenvalue weighted by atomic mass is 35.5. The summed E-state index contributed by atoms with van der Waals surface area (Å²) in [6, 6.07) is 8.54. The van der Waals surface area contributed by atoms with E-state index in [-0.39, 0.29) is 26.3 Å². The van der Waals surface area contributed by atoms with Crippen LogP contribution in [-0.2, 0) is 14.9 Å². The van der Waals surface area contributed by atoms with Gasteiger partial charge in [-0.1, -0.05) is 40.9 Å². The molecule has 0 N–H and O–H groups in total. The van der Waals surface area contributed by atoms with Gasteiger partial charge in [-0.3, -0.25) is 0 Å². The molecule has 0 saturated heterocycles. The van der Waals surface area contributed by atoms with Crippen molar-refractivity contribution in [2.45, 2.75) is 11.8 Å². The summed E-state index contributed by atoms with van der Waals surface area (Å²) in [6.45, 7) is 1.82. The van der Waals surface area contributed by atoms with Gasteiger partial charge in [0.2, 0.25) is 0 Å². The number of ether oxygens (including phenoxy) is 1. The Morgan fingerprint density at radius 1 is 1.09 bits per heavy atom. The Morgan fingerprint density at radius 3 is 2.26 bits per heavy atom. The van der Waals surface area contributed by atoms with Crippen molar-refractivity contribution in [3.8, 4) is 5.75 Å². The summed E-state index contributed by atoms with van der Waals surface area (Å²) in [7, 11) is -3.02. The molecule has 2 aromatic carbocycles. The van der Waals surface area contributed by atoms with Crippen LogP contribution in [0, 0.1) is 6.92 Å². The van der Waals surface area contributed by atoms with Crippen molar-refractivity contribution >= 4 is 39.3 Å². The zero-order valence-electron chi connectivity index (χ0n) is 12.2. The van der Waals surface area contributed by atoms with E-state index in [9.17, 15) is 13.2 Å². The Labute approximate surface area is 143 Å². The maximum atomic E-state index is 12.3. The minimum absolute atomic E-state index is 0.0649. The second kappa shape index (κ2) is 6.78. The molecule has 0 unspecified atom stereocenters. The van der Waals surface area contributed by atoms with E-state index in [1.807, 2.05) is 6.92 Å². The number of esters is 1. The Kier molecular flexibility index (Phi) is 5.19. The standard InChI is InChI=1S/C15H12Cl2O5S/c1-9-3-5-11(6-4-9)23(19,20)22-14-12(15(18)21-2)7-10(16)8-13(14)17/h3-8H,1-2H3. The number of methoxy groups -OCH3 is 1. The third-order valence-corrected chi connectivity index (χ3v) is 4.65. The summed E-state index contributed by atoms with van der Waals surface area (Å²) in [5.74, 6) is -1.15. The fourth-order valence-electron chi connectivity index (χ4n) is 1.77. The van der Waals surface area contributed by atoms with Gasteiger partial charge in [0.15, 0.2) is 5.75 Å². The van der Waals surface area contributed by atoms with Gasteiger partial charge in [0, 0.05) is 5.02 Å². The highest BCUT2D eigenvalue weighted by Gasteiger charge is 2.24. The van der Waals surface area contributed by atoms with Gasteiger partial charge in [0.25, 0.3) is 0 Å².